The average molecular weight is 668 g/mol. The van der Waals surface area contributed by atoms with Crippen molar-refractivity contribution >= 4 is 23.7 Å². The standard InChI is InChI=1S/C38H61N5O5/c1-10-42(11-2)25-33(29-18-13-12-14-19-29)48-38(47)31-21-17-23-43(31)36(45)28(7)24-32(26(3)4)41(9)37(46)34(27(5)6)39-35(44)30-20-15-16-22-40(30)8/h12-14,18-19,24,26-27,30-34H,10-11,15-17,20-23,25H2,1-9H3,(H,39,44)/b28-24+/t30-,31+,32-,33?,34+/m1/s1. The summed E-state index contributed by atoms with van der Waals surface area (Å²) in [7, 11) is 3.70. The molecule has 0 radical (unpaired) electrons. The molecule has 1 N–H and O–H groups in total. The molecule has 10 heteroatoms. The zero-order valence-corrected chi connectivity index (χ0v) is 30.9. The van der Waals surface area contributed by atoms with E-state index in [4.69, 9.17) is 4.74 Å². The highest BCUT2D eigenvalue weighted by molar-refractivity contribution is 5.96. The Balaban J connectivity index is 1.75. The van der Waals surface area contributed by atoms with Gasteiger partial charge in [-0.2, -0.15) is 0 Å². The number of esters is 1. The van der Waals surface area contributed by atoms with E-state index in [2.05, 4.69) is 29.0 Å². The molecule has 1 aromatic rings. The van der Waals surface area contributed by atoms with Gasteiger partial charge in [0.15, 0.2) is 0 Å². The number of nitrogens with one attached hydrogen (secondary N) is 1. The second-order valence-corrected chi connectivity index (χ2v) is 14.2. The Morgan fingerprint density at radius 2 is 1.58 bits per heavy atom. The van der Waals surface area contributed by atoms with Gasteiger partial charge in [0.05, 0.1) is 12.1 Å². The lowest BCUT2D eigenvalue weighted by Crippen LogP contribution is -2.57. The monoisotopic (exact) mass is 667 g/mol. The molecule has 268 valence electrons. The number of piperidine rings is 1. The number of hydrogen-bond donors (Lipinski definition) is 1. The Morgan fingerprint density at radius 3 is 2.17 bits per heavy atom. The smallest absolute Gasteiger partial charge is 0.329 e. The van der Waals surface area contributed by atoms with Crippen LogP contribution >= 0.6 is 0 Å². The van der Waals surface area contributed by atoms with Crippen molar-refractivity contribution in [2.24, 2.45) is 11.8 Å². The minimum absolute atomic E-state index is 0.000685. The van der Waals surface area contributed by atoms with E-state index in [9.17, 15) is 19.2 Å². The molecule has 0 aromatic heterocycles. The fourth-order valence-electron chi connectivity index (χ4n) is 6.91. The number of carbonyl (C=O) groups excluding carboxylic acids is 4. The Morgan fingerprint density at radius 1 is 0.938 bits per heavy atom. The summed E-state index contributed by atoms with van der Waals surface area (Å²) in [5, 5.41) is 3.05. The van der Waals surface area contributed by atoms with E-state index < -0.39 is 18.2 Å². The van der Waals surface area contributed by atoms with Gasteiger partial charge in [-0.15, -0.1) is 0 Å². The summed E-state index contributed by atoms with van der Waals surface area (Å²) in [4.78, 5) is 62.3. The molecule has 10 nitrogen and oxygen atoms in total. The quantitative estimate of drug-likeness (QED) is 0.215. The summed E-state index contributed by atoms with van der Waals surface area (Å²) < 4.78 is 6.15. The van der Waals surface area contributed by atoms with Crippen molar-refractivity contribution in [1.82, 2.24) is 24.9 Å². The van der Waals surface area contributed by atoms with Gasteiger partial charge in [-0.1, -0.05) is 84.4 Å². The van der Waals surface area contributed by atoms with Crippen LogP contribution in [0.1, 0.15) is 92.2 Å². The normalized spacial score (nSPS) is 20.9. The minimum atomic E-state index is -0.685. The Kier molecular flexibility index (Phi) is 15.1. The molecule has 2 fully saturated rings. The van der Waals surface area contributed by atoms with Crippen LogP contribution in [0.2, 0.25) is 0 Å². The first kappa shape index (κ1) is 39.2. The van der Waals surface area contributed by atoms with Crippen LogP contribution in [-0.4, -0.2) is 114 Å². The molecular weight excluding hydrogens is 606 g/mol. The topological polar surface area (TPSA) is 102 Å². The van der Waals surface area contributed by atoms with E-state index in [1.807, 2.05) is 71.2 Å². The molecule has 2 aliphatic heterocycles. The molecule has 0 spiro atoms. The van der Waals surface area contributed by atoms with Gasteiger partial charge in [-0.3, -0.25) is 24.2 Å². The van der Waals surface area contributed by atoms with Crippen molar-refractivity contribution in [2.75, 3.05) is 46.8 Å². The predicted molar refractivity (Wildman–Crippen MR) is 190 cm³/mol. The van der Waals surface area contributed by atoms with Gasteiger partial charge in [-0.05, 0) is 76.7 Å². The van der Waals surface area contributed by atoms with Crippen molar-refractivity contribution in [2.45, 2.75) is 111 Å². The molecule has 2 heterocycles. The van der Waals surface area contributed by atoms with Crippen LogP contribution in [0.3, 0.4) is 0 Å². The van der Waals surface area contributed by atoms with Crippen LogP contribution in [0.5, 0.6) is 0 Å². The molecule has 2 saturated heterocycles. The number of rotatable bonds is 15. The fourth-order valence-corrected chi connectivity index (χ4v) is 6.91. The number of ether oxygens (including phenoxy) is 1. The maximum atomic E-state index is 13.9. The molecule has 0 aliphatic carbocycles. The second kappa shape index (κ2) is 18.5. The predicted octanol–water partition coefficient (Wildman–Crippen LogP) is 4.66. The van der Waals surface area contributed by atoms with Crippen LogP contribution < -0.4 is 5.32 Å². The van der Waals surface area contributed by atoms with Crippen LogP contribution in [0.25, 0.3) is 0 Å². The molecule has 1 aromatic carbocycles. The van der Waals surface area contributed by atoms with Crippen LogP contribution in [-0.2, 0) is 23.9 Å². The summed E-state index contributed by atoms with van der Waals surface area (Å²) in [6, 6.07) is 7.79. The summed E-state index contributed by atoms with van der Waals surface area (Å²) in [6.07, 6.45) is 5.50. The lowest BCUT2D eigenvalue weighted by atomic mass is 9.96. The summed E-state index contributed by atoms with van der Waals surface area (Å²) in [5.41, 5.74) is 1.41. The largest absolute Gasteiger partial charge is 0.455 e. The molecule has 3 rings (SSSR count). The lowest BCUT2D eigenvalue weighted by Gasteiger charge is -2.36. The Bertz CT molecular complexity index is 1250. The minimum Gasteiger partial charge on any atom is -0.455 e. The highest BCUT2D eigenvalue weighted by Crippen LogP contribution is 2.26. The number of likely N-dealkylation sites (tertiary alicyclic amines) is 2. The van der Waals surface area contributed by atoms with Crippen LogP contribution in [0.4, 0.5) is 0 Å². The molecule has 2 aliphatic rings. The second-order valence-electron chi connectivity index (χ2n) is 14.2. The Hall–Kier alpha value is -3.24. The van der Waals surface area contributed by atoms with Crippen molar-refractivity contribution in [1.29, 1.82) is 0 Å². The van der Waals surface area contributed by atoms with Crippen molar-refractivity contribution in [3.05, 3.63) is 47.5 Å². The molecule has 48 heavy (non-hydrogen) atoms. The SMILES string of the molecule is CCN(CC)CC(OC(=O)[C@@H]1CCCN1C(=O)/C(C)=C/[C@H](C(C)C)N(C)C(=O)[C@@H](NC(=O)[C@H]1CCCCN1C)C(C)C)c1ccccc1. The lowest BCUT2D eigenvalue weighted by molar-refractivity contribution is -0.158. The van der Waals surface area contributed by atoms with Crippen LogP contribution in [0.15, 0.2) is 42.0 Å². The highest BCUT2D eigenvalue weighted by Gasteiger charge is 2.38. The zero-order valence-electron chi connectivity index (χ0n) is 30.9. The van der Waals surface area contributed by atoms with E-state index in [-0.39, 0.29) is 47.6 Å². The molecular formula is C38H61N5O5. The van der Waals surface area contributed by atoms with Crippen molar-refractivity contribution < 1.29 is 23.9 Å². The van der Waals surface area contributed by atoms with Gasteiger partial charge in [0.2, 0.25) is 17.7 Å². The van der Waals surface area contributed by atoms with Gasteiger partial charge in [-0.25, -0.2) is 4.79 Å². The summed E-state index contributed by atoms with van der Waals surface area (Å²) in [6.45, 7) is 17.4. The van der Waals surface area contributed by atoms with Crippen molar-refractivity contribution in [3.63, 3.8) is 0 Å². The number of likely N-dealkylation sites (N-methyl/N-ethyl adjacent to an activating group) is 3. The molecule has 5 atom stereocenters. The molecule has 0 saturated carbocycles. The van der Waals surface area contributed by atoms with Gasteiger partial charge < -0.3 is 19.9 Å². The first-order valence-corrected chi connectivity index (χ1v) is 18.0. The third kappa shape index (κ3) is 10.1. The van der Waals surface area contributed by atoms with E-state index in [0.717, 1.165) is 44.5 Å². The van der Waals surface area contributed by atoms with Gasteiger partial charge >= 0.3 is 5.97 Å². The number of hydrogen-bond acceptors (Lipinski definition) is 7. The maximum absolute atomic E-state index is 13.9. The van der Waals surface area contributed by atoms with Gasteiger partial charge in [0.25, 0.3) is 0 Å². The maximum Gasteiger partial charge on any atom is 0.329 e. The van der Waals surface area contributed by atoms with E-state index in [1.54, 1.807) is 23.8 Å². The molecule has 0 bridgehead atoms. The summed E-state index contributed by atoms with van der Waals surface area (Å²) in [5.74, 6) is -1.03. The molecule has 3 amide bonds. The average Bonchev–Trinajstić information content (AvgIpc) is 3.57. The third-order valence-electron chi connectivity index (χ3n) is 10.1. The number of benzene rings is 1. The Labute approximate surface area is 289 Å². The van der Waals surface area contributed by atoms with Gasteiger partial charge in [0.1, 0.15) is 18.2 Å². The van der Waals surface area contributed by atoms with Crippen molar-refractivity contribution in [3.8, 4) is 0 Å². The summed E-state index contributed by atoms with van der Waals surface area (Å²) >= 11 is 0. The van der Waals surface area contributed by atoms with Crippen LogP contribution in [0, 0.1) is 11.8 Å². The third-order valence-corrected chi connectivity index (χ3v) is 10.1. The fraction of sp³-hybridized carbons (Fsp3) is 0.684. The first-order valence-electron chi connectivity index (χ1n) is 18.0. The van der Waals surface area contributed by atoms with E-state index in [1.165, 1.54) is 0 Å². The van der Waals surface area contributed by atoms with E-state index in [0.29, 0.717) is 31.5 Å². The number of nitrogens with zero attached hydrogens (tertiary/aromatic N) is 4. The highest BCUT2D eigenvalue weighted by atomic mass is 16.5. The first-order chi connectivity index (χ1) is 22.8. The number of carbonyl (C=O) groups is 4. The molecule has 1 unspecified atom stereocenters. The van der Waals surface area contributed by atoms with E-state index >= 15 is 0 Å². The zero-order chi connectivity index (χ0) is 35.5. The van der Waals surface area contributed by atoms with Gasteiger partial charge in [0, 0.05) is 25.7 Å². The number of amides is 3.